The Balaban J connectivity index is 2.20. The number of fused-ring (bicyclic) bond motifs is 2. The molecule has 6 nitrogen and oxygen atoms in total. The summed E-state index contributed by atoms with van der Waals surface area (Å²) in [5.74, 6) is 0.867. The topological polar surface area (TPSA) is 74.2 Å². The van der Waals surface area contributed by atoms with E-state index in [4.69, 9.17) is 18.9 Å². The van der Waals surface area contributed by atoms with Crippen LogP contribution in [0.4, 0.5) is 0 Å². The van der Waals surface area contributed by atoms with Gasteiger partial charge >= 0.3 is 0 Å². The van der Waals surface area contributed by atoms with Crippen molar-refractivity contribution < 1.29 is 28.8 Å². The molecule has 0 spiro atoms. The van der Waals surface area contributed by atoms with Crippen LogP contribution < -0.4 is 9.47 Å². The van der Waals surface area contributed by atoms with Crippen LogP contribution in [0.15, 0.2) is 60.7 Å². The van der Waals surface area contributed by atoms with Gasteiger partial charge in [-0.1, -0.05) is 48.5 Å². The van der Waals surface area contributed by atoms with Crippen molar-refractivity contribution >= 4 is 27.8 Å². The molecule has 0 aliphatic rings. The number of aldehydes is 1. The second kappa shape index (κ2) is 9.78. The molecule has 0 radical (unpaired) electrons. The van der Waals surface area contributed by atoms with Crippen LogP contribution in [0.3, 0.4) is 0 Å². The third-order valence-electron chi connectivity index (χ3n) is 5.30. The summed E-state index contributed by atoms with van der Waals surface area (Å²) in [6.45, 7) is -0.258. The van der Waals surface area contributed by atoms with Gasteiger partial charge in [-0.05, 0) is 33.7 Å². The van der Waals surface area contributed by atoms with E-state index in [2.05, 4.69) is 0 Å². The van der Waals surface area contributed by atoms with E-state index < -0.39 is 0 Å². The van der Waals surface area contributed by atoms with Crippen LogP contribution in [-0.2, 0) is 16.1 Å². The molecule has 0 aromatic heterocycles. The zero-order valence-corrected chi connectivity index (χ0v) is 18.0. The Morgan fingerprint density at radius 3 is 1.88 bits per heavy atom. The van der Waals surface area contributed by atoms with Gasteiger partial charge in [0, 0.05) is 30.9 Å². The number of aliphatic hydroxyl groups is 1. The first kappa shape index (κ1) is 21.8. The number of hydrogen-bond acceptors (Lipinski definition) is 6. The van der Waals surface area contributed by atoms with Gasteiger partial charge in [0.2, 0.25) is 0 Å². The second-order valence-corrected chi connectivity index (χ2v) is 7.23. The zero-order chi connectivity index (χ0) is 22.5. The molecular formula is C26H24O6. The summed E-state index contributed by atoms with van der Waals surface area (Å²) in [6, 6.07) is 19.3. The quantitative estimate of drug-likeness (QED) is 0.299. The Morgan fingerprint density at radius 2 is 1.31 bits per heavy atom. The zero-order valence-electron chi connectivity index (χ0n) is 18.0. The number of carbonyl (C=O) groups is 1. The van der Waals surface area contributed by atoms with E-state index in [0.29, 0.717) is 28.2 Å². The average Bonchev–Trinajstić information content (AvgIpc) is 2.84. The Hall–Kier alpha value is -3.45. The molecule has 0 saturated heterocycles. The highest BCUT2D eigenvalue weighted by Crippen LogP contribution is 2.48. The molecule has 32 heavy (non-hydrogen) atoms. The highest BCUT2D eigenvalue weighted by Gasteiger charge is 2.24. The van der Waals surface area contributed by atoms with Crippen molar-refractivity contribution in [1.29, 1.82) is 0 Å². The van der Waals surface area contributed by atoms with E-state index in [1.165, 1.54) is 14.2 Å². The molecule has 0 aliphatic heterocycles. The molecule has 6 heteroatoms. The first-order valence-corrected chi connectivity index (χ1v) is 10.1. The maximum Gasteiger partial charge on any atom is 0.188 e. The predicted molar refractivity (Wildman–Crippen MR) is 123 cm³/mol. The summed E-state index contributed by atoms with van der Waals surface area (Å²) in [5, 5.41) is 13.7. The monoisotopic (exact) mass is 432 g/mol. The fourth-order valence-electron chi connectivity index (χ4n) is 3.99. The van der Waals surface area contributed by atoms with Crippen molar-refractivity contribution in [1.82, 2.24) is 0 Å². The summed E-state index contributed by atoms with van der Waals surface area (Å²) in [5.41, 5.74) is 2.41. The maximum atomic E-state index is 12.0. The molecule has 0 unspecified atom stereocenters. The second-order valence-electron chi connectivity index (χ2n) is 7.23. The van der Waals surface area contributed by atoms with E-state index in [9.17, 15) is 9.90 Å². The van der Waals surface area contributed by atoms with Gasteiger partial charge in [0.15, 0.2) is 19.9 Å². The van der Waals surface area contributed by atoms with Crippen molar-refractivity contribution in [3.05, 3.63) is 71.8 Å². The summed E-state index contributed by atoms with van der Waals surface area (Å²) < 4.78 is 22.3. The van der Waals surface area contributed by atoms with Gasteiger partial charge < -0.3 is 24.1 Å². The SMILES string of the molecule is COCOc1c(C=O)cc2ccccc2c1-c1c(OCOC)c(CO)cc2ccccc12. The van der Waals surface area contributed by atoms with Crippen LogP contribution in [0.2, 0.25) is 0 Å². The van der Waals surface area contributed by atoms with Crippen LogP contribution in [0.25, 0.3) is 32.7 Å². The lowest BCUT2D eigenvalue weighted by Crippen LogP contribution is -2.07. The lowest BCUT2D eigenvalue weighted by molar-refractivity contribution is 0.0489. The van der Waals surface area contributed by atoms with Gasteiger partial charge in [-0.2, -0.15) is 0 Å². The molecule has 0 fully saturated rings. The minimum absolute atomic E-state index is 0.00208. The minimum atomic E-state index is -0.226. The lowest BCUT2D eigenvalue weighted by atomic mass is 9.89. The Morgan fingerprint density at radius 1 is 0.781 bits per heavy atom. The fourth-order valence-corrected chi connectivity index (χ4v) is 3.99. The van der Waals surface area contributed by atoms with Gasteiger partial charge in [0.05, 0.1) is 12.2 Å². The third-order valence-corrected chi connectivity index (χ3v) is 5.30. The maximum absolute atomic E-state index is 12.0. The van der Waals surface area contributed by atoms with Crippen molar-refractivity contribution in [3.63, 3.8) is 0 Å². The molecule has 4 aromatic carbocycles. The molecular weight excluding hydrogens is 408 g/mol. The molecule has 0 amide bonds. The van der Waals surface area contributed by atoms with Gasteiger partial charge in [-0.3, -0.25) is 4.79 Å². The summed E-state index contributed by atoms with van der Waals surface area (Å²) >= 11 is 0. The highest BCUT2D eigenvalue weighted by molar-refractivity contribution is 6.12. The molecule has 0 heterocycles. The number of carbonyl (C=O) groups excluding carboxylic acids is 1. The van der Waals surface area contributed by atoms with Gasteiger partial charge in [-0.15, -0.1) is 0 Å². The largest absolute Gasteiger partial charge is 0.467 e. The van der Waals surface area contributed by atoms with Crippen molar-refractivity contribution in [3.8, 4) is 22.6 Å². The highest BCUT2D eigenvalue weighted by atomic mass is 16.7. The smallest absolute Gasteiger partial charge is 0.188 e. The van der Waals surface area contributed by atoms with Crippen LogP contribution in [0.5, 0.6) is 11.5 Å². The van der Waals surface area contributed by atoms with E-state index >= 15 is 0 Å². The minimum Gasteiger partial charge on any atom is -0.467 e. The fraction of sp³-hybridized carbons (Fsp3) is 0.192. The molecule has 0 aliphatic carbocycles. The van der Waals surface area contributed by atoms with Crippen molar-refractivity contribution in [2.75, 3.05) is 27.8 Å². The predicted octanol–water partition coefficient (Wildman–Crippen LogP) is 4.93. The van der Waals surface area contributed by atoms with Crippen molar-refractivity contribution in [2.45, 2.75) is 6.61 Å². The number of methoxy groups -OCH3 is 2. The van der Waals surface area contributed by atoms with E-state index in [-0.39, 0.29) is 20.2 Å². The van der Waals surface area contributed by atoms with E-state index in [0.717, 1.165) is 33.4 Å². The van der Waals surface area contributed by atoms with Gasteiger partial charge in [0.25, 0.3) is 0 Å². The number of ether oxygens (including phenoxy) is 4. The number of benzene rings is 4. The van der Waals surface area contributed by atoms with Crippen LogP contribution in [0.1, 0.15) is 15.9 Å². The molecule has 4 aromatic rings. The third kappa shape index (κ3) is 3.91. The molecule has 0 bridgehead atoms. The summed E-state index contributed by atoms with van der Waals surface area (Å²) in [7, 11) is 3.06. The number of rotatable bonds is 9. The van der Waals surface area contributed by atoms with Gasteiger partial charge in [-0.25, -0.2) is 0 Å². The van der Waals surface area contributed by atoms with E-state index in [1.54, 1.807) is 6.07 Å². The average molecular weight is 432 g/mol. The first-order valence-electron chi connectivity index (χ1n) is 10.1. The lowest BCUT2D eigenvalue weighted by Gasteiger charge is -2.22. The normalized spacial score (nSPS) is 11.1. The van der Waals surface area contributed by atoms with E-state index in [1.807, 2.05) is 54.6 Å². The Kier molecular flexibility index (Phi) is 6.66. The number of aliphatic hydroxyl groups excluding tert-OH is 1. The van der Waals surface area contributed by atoms with Crippen LogP contribution in [0, 0.1) is 0 Å². The first-order chi connectivity index (χ1) is 15.7. The Bertz CT molecular complexity index is 1260. The number of hydrogen-bond donors (Lipinski definition) is 1. The summed E-state index contributed by atoms with van der Waals surface area (Å²) in [4.78, 5) is 12.0. The molecule has 4 rings (SSSR count). The molecule has 1 N–H and O–H groups in total. The van der Waals surface area contributed by atoms with Crippen molar-refractivity contribution in [2.24, 2.45) is 0 Å². The standard InChI is InChI=1S/C26H24O6/c1-29-15-31-25-19(13-27)11-17-7-3-5-9-21(17)23(25)24-22-10-6-4-8-18(22)12-20(14-28)26(24)32-16-30-2/h3-13,28H,14-16H2,1-2H3. The van der Waals surface area contributed by atoms with Gasteiger partial charge in [0.1, 0.15) is 11.5 Å². The Labute approximate surface area is 185 Å². The molecule has 0 atom stereocenters. The molecule has 0 saturated carbocycles. The summed E-state index contributed by atoms with van der Waals surface area (Å²) in [6.07, 6.45) is 0.773. The van der Waals surface area contributed by atoms with Crippen LogP contribution in [-0.4, -0.2) is 39.2 Å². The molecule has 164 valence electrons. The van der Waals surface area contributed by atoms with Crippen LogP contribution >= 0.6 is 0 Å².